The largest absolute Gasteiger partial charge is 0.151 e. The fraction of sp³-hybridized carbons (Fsp3) is 1.00. The van der Waals surface area contributed by atoms with Crippen LogP contribution in [0.15, 0.2) is 5.18 Å². The van der Waals surface area contributed by atoms with E-state index in [9.17, 15) is 4.91 Å². The summed E-state index contributed by atoms with van der Waals surface area (Å²) in [6, 6.07) is 0. The molecule has 10 heavy (non-hydrogen) atoms. The second kappa shape index (κ2) is 1.60. The van der Waals surface area contributed by atoms with Crippen molar-refractivity contribution in [3.63, 3.8) is 0 Å². The van der Waals surface area contributed by atoms with E-state index in [1.807, 2.05) is 0 Å². The Kier molecular flexibility index (Phi) is 1.01. The first-order valence-electron chi connectivity index (χ1n) is 4.02. The first kappa shape index (κ1) is 6.32. The van der Waals surface area contributed by atoms with Gasteiger partial charge in [-0.1, -0.05) is 12.1 Å². The lowest BCUT2D eigenvalue weighted by Crippen LogP contribution is -2.16. The van der Waals surface area contributed by atoms with Crippen LogP contribution in [0.2, 0.25) is 0 Å². The minimum Gasteiger partial charge on any atom is -0.151 e. The van der Waals surface area contributed by atoms with E-state index >= 15 is 0 Å². The highest BCUT2D eigenvalue weighted by Gasteiger charge is 2.62. The first-order valence-corrected chi connectivity index (χ1v) is 4.02. The molecule has 56 valence electrons. The van der Waals surface area contributed by atoms with Crippen LogP contribution >= 0.6 is 0 Å². The molecule has 0 spiro atoms. The lowest BCUT2D eigenvalue weighted by molar-refractivity contribution is 0.317. The molecular weight excluding hydrogens is 126 g/mol. The van der Waals surface area contributed by atoms with Gasteiger partial charge in [-0.05, 0) is 36.5 Å². The van der Waals surface area contributed by atoms with Gasteiger partial charge < -0.3 is 0 Å². The summed E-state index contributed by atoms with van der Waals surface area (Å²) in [7, 11) is 0. The third-order valence-corrected chi connectivity index (χ3v) is 3.50. The van der Waals surface area contributed by atoms with E-state index in [1.54, 1.807) is 0 Å². The summed E-state index contributed by atoms with van der Waals surface area (Å²) in [5.74, 6) is 0. The molecule has 2 rings (SSSR count). The molecule has 0 aliphatic heterocycles. The van der Waals surface area contributed by atoms with Gasteiger partial charge in [0.25, 0.3) is 0 Å². The Hall–Kier alpha value is -0.400. The van der Waals surface area contributed by atoms with Crippen molar-refractivity contribution in [2.75, 3.05) is 6.54 Å². The quantitative estimate of drug-likeness (QED) is 0.552. The fourth-order valence-corrected chi connectivity index (χ4v) is 1.94. The summed E-state index contributed by atoms with van der Waals surface area (Å²) >= 11 is 0. The van der Waals surface area contributed by atoms with Gasteiger partial charge in [0.15, 0.2) is 0 Å². The summed E-state index contributed by atoms with van der Waals surface area (Å²) in [5.41, 5.74) is 0.885. The van der Waals surface area contributed by atoms with Crippen molar-refractivity contribution in [2.24, 2.45) is 16.0 Å². The van der Waals surface area contributed by atoms with Crippen LogP contribution in [0.1, 0.15) is 32.6 Å². The molecule has 2 aliphatic rings. The van der Waals surface area contributed by atoms with Crippen LogP contribution in [0.4, 0.5) is 0 Å². The van der Waals surface area contributed by atoms with E-state index in [0.717, 1.165) is 0 Å². The zero-order valence-electron chi connectivity index (χ0n) is 6.39. The second-order valence-electron chi connectivity index (χ2n) is 4.13. The number of hydrogen-bond acceptors (Lipinski definition) is 2. The average Bonchev–Trinajstić information content (AvgIpc) is 2.69. The monoisotopic (exact) mass is 139 g/mol. The molecule has 2 saturated carbocycles. The van der Waals surface area contributed by atoms with Crippen LogP contribution in [0, 0.1) is 15.7 Å². The smallest absolute Gasteiger partial charge is 0.0872 e. The van der Waals surface area contributed by atoms with E-state index in [1.165, 1.54) is 25.7 Å². The molecule has 0 atom stereocenters. The average molecular weight is 139 g/mol. The molecule has 0 amide bonds. The molecule has 0 heterocycles. The van der Waals surface area contributed by atoms with Crippen LogP contribution < -0.4 is 0 Å². The molecule has 0 saturated heterocycles. The molecule has 0 aromatic carbocycles. The van der Waals surface area contributed by atoms with Gasteiger partial charge in [0.1, 0.15) is 0 Å². The fourth-order valence-electron chi connectivity index (χ4n) is 1.94. The van der Waals surface area contributed by atoms with Crippen LogP contribution in [-0.2, 0) is 0 Å². The Morgan fingerprint density at radius 2 is 1.90 bits per heavy atom. The Morgan fingerprint density at radius 3 is 2.20 bits per heavy atom. The minimum absolute atomic E-state index is 0.370. The van der Waals surface area contributed by atoms with Gasteiger partial charge in [0.05, 0.1) is 6.54 Å². The predicted octanol–water partition coefficient (Wildman–Crippen LogP) is 2.33. The predicted molar refractivity (Wildman–Crippen MR) is 39.7 cm³/mol. The molecule has 0 bridgehead atoms. The van der Waals surface area contributed by atoms with Gasteiger partial charge >= 0.3 is 0 Å². The number of nitroso groups, excluding NO2 is 1. The topological polar surface area (TPSA) is 29.4 Å². The zero-order chi connectivity index (χ0) is 7.24. The molecule has 0 aromatic heterocycles. The van der Waals surface area contributed by atoms with Crippen LogP contribution in [-0.4, -0.2) is 6.54 Å². The van der Waals surface area contributed by atoms with E-state index in [4.69, 9.17) is 0 Å². The molecule has 2 nitrogen and oxygen atoms in total. The molecule has 0 radical (unpaired) electrons. The first-order chi connectivity index (χ1) is 4.72. The standard InChI is InChI=1S/C8H13NO/c1-7(2-3-7)8(4-5-8)6-9-10/h2-6H2,1H3. The summed E-state index contributed by atoms with van der Waals surface area (Å²) in [6.07, 6.45) is 5.13. The number of rotatable bonds is 3. The van der Waals surface area contributed by atoms with Crippen LogP contribution in [0.25, 0.3) is 0 Å². The van der Waals surface area contributed by atoms with Crippen molar-refractivity contribution < 1.29 is 0 Å². The maximum atomic E-state index is 10.1. The number of nitrogens with zero attached hydrogens (tertiary/aromatic N) is 1. The highest BCUT2D eigenvalue weighted by atomic mass is 16.3. The van der Waals surface area contributed by atoms with Crippen LogP contribution in [0.5, 0.6) is 0 Å². The van der Waals surface area contributed by atoms with E-state index < -0.39 is 0 Å². The van der Waals surface area contributed by atoms with E-state index in [-0.39, 0.29) is 0 Å². The van der Waals surface area contributed by atoms with Gasteiger partial charge in [-0.3, -0.25) is 0 Å². The second-order valence-corrected chi connectivity index (χ2v) is 4.13. The van der Waals surface area contributed by atoms with Crippen molar-refractivity contribution >= 4 is 0 Å². The Labute approximate surface area is 61.0 Å². The van der Waals surface area contributed by atoms with Crippen molar-refractivity contribution in [3.8, 4) is 0 Å². The highest BCUT2D eigenvalue weighted by molar-refractivity contribution is 5.12. The van der Waals surface area contributed by atoms with E-state index in [2.05, 4.69) is 12.1 Å². The van der Waals surface area contributed by atoms with Gasteiger partial charge in [0.2, 0.25) is 0 Å². The Balaban J connectivity index is 2.07. The van der Waals surface area contributed by atoms with Crippen molar-refractivity contribution in [1.29, 1.82) is 0 Å². The van der Waals surface area contributed by atoms with Gasteiger partial charge in [0, 0.05) is 0 Å². The van der Waals surface area contributed by atoms with Gasteiger partial charge in [-0.15, -0.1) is 0 Å². The van der Waals surface area contributed by atoms with Gasteiger partial charge in [-0.2, -0.15) is 4.91 Å². The Bertz CT molecular complexity index is 168. The summed E-state index contributed by atoms with van der Waals surface area (Å²) in [4.78, 5) is 10.1. The maximum absolute atomic E-state index is 10.1. The molecule has 2 aliphatic carbocycles. The maximum Gasteiger partial charge on any atom is 0.0872 e. The zero-order valence-corrected chi connectivity index (χ0v) is 6.39. The third kappa shape index (κ3) is 0.648. The minimum atomic E-state index is 0.370. The van der Waals surface area contributed by atoms with Crippen molar-refractivity contribution in [3.05, 3.63) is 4.91 Å². The summed E-state index contributed by atoms with van der Waals surface area (Å²) in [5, 5.41) is 3.03. The van der Waals surface area contributed by atoms with Gasteiger partial charge in [-0.25, -0.2) is 0 Å². The molecule has 0 N–H and O–H groups in total. The number of hydrogen-bond donors (Lipinski definition) is 0. The molecule has 2 fully saturated rings. The normalized spacial score (nSPS) is 31.3. The van der Waals surface area contributed by atoms with Crippen molar-refractivity contribution in [1.82, 2.24) is 0 Å². The molecule has 0 aromatic rings. The summed E-state index contributed by atoms with van der Waals surface area (Å²) < 4.78 is 0. The van der Waals surface area contributed by atoms with Crippen LogP contribution in [0.3, 0.4) is 0 Å². The van der Waals surface area contributed by atoms with Crippen molar-refractivity contribution in [2.45, 2.75) is 32.6 Å². The molecule has 2 heteroatoms. The highest BCUT2D eigenvalue weighted by Crippen LogP contribution is 2.70. The lowest BCUT2D eigenvalue weighted by atomic mass is 9.88. The summed E-state index contributed by atoms with van der Waals surface area (Å²) in [6.45, 7) is 2.87. The molecule has 0 unspecified atom stereocenters. The molecular formula is C8H13NO. The lowest BCUT2D eigenvalue weighted by Gasteiger charge is -2.18. The Morgan fingerprint density at radius 1 is 1.30 bits per heavy atom. The third-order valence-electron chi connectivity index (χ3n) is 3.50. The van der Waals surface area contributed by atoms with E-state index in [0.29, 0.717) is 17.4 Å². The SMILES string of the molecule is CC1(C2(CN=O)CC2)CC1.